The number of aromatic nitrogens is 1. The monoisotopic (exact) mass is 280 g/mol. The number of carbonyl (C=O) groups excluding carboxylic acids is 1. The lowest BCUT2D eigenvalue weighted by atomic mass is 10.1. The smallest absolute Gasteiger partial charge is 0.254 e. The van der Waals surface area contributed by atoms with Crippen molar-refractivity contribution < 1.29 is 18.3 Å². The Bertz CT molecular complexity index is 814. The van der Waals surface area contributed by atoms with Crippen molar-refractivity contribution in [3.8, 4) is 5.75 Å². The largest absolute Gasteiger partial charge is 0.486 e. The predicted molar refractivity (Wildman–Crippen MR) is 66.8 cm³/mol. The van der Waals surface area contributed by atoms with Gasteiger partial charge in [0.1, 0.15) is 12.2 Å². The van der Waals surface area contributed by atoms with Gasteiger partial charge >= 0.3 is 0 Å². The maximum atomic E-state index is 13.8. The number of carbonyl (C=O) groups is 1. The van der Waals surface area contributed by atoms with Crippen LogP contribution in [0.2, 0.25) is 0 Å². The highest BCUT2D eigenvalue weighted by atomic mass is 19.2. The van der Waals surface area contributed by atoms with Gasteiger partial charge in [0.2, 0.25) is 11.2 Å². The van der Waals surface area contributed by atoms with E-state index in [0.29, 0.717) is 0 Å². The summed E-state index contributed by atoms with van der Waals surface area (Å²) >= 11 is 0. The van der Waals surface area contributed by atoms with Gasteiger partial charge in [0, 0.05) is 6.20 Å². The van der Waals surface area contributed by atoms with Gasteiger partial charge in [-0.2, -0.15) is 4.39 Å². The number of nitrogens with two attached hydrogens (primary N) is 1. The van der Waals surface area contributed by atoms with Crippen LogP contribution in [0.4, 0.5) is 8.78 Å². The summed E-state index contributed by atoms with van der Waals surface area (Å²) in [7, 11) is 0. The molecule has 3 rings (SSSR count). The number of nitrogens with zero attached hydrogens (tertiary/aromatic N) is 1. The molecule has 0 radical (unpaired) electrons. The van der Waals surface area contributed by atoms with Crippen LogP contribution < -0.4 is 15.9 Å². The molecule has 1 amide bonds. The number of amides is 1. The van der Waals surface area contributed by atoms with E-state index in [9.17, 15) is 18.4 Å². The van der Waals surface area contributed by atoms with Crippen molar-refractivity contribution >= 4 is 16.8 Å². The van der Waals surface area contributed by atoms with E-state index in [4.69, 9.17) is 10.5 Å². The Morgan fingerprint density at radius 3 is 2.85 bits per heavy atom. The first-order chi connectivity index (χ1) is 9.41. The third kappa shape index (κ3) is 1.52. The SMILES string of the molecule is C[C@H]1COc2c(F)c(F)cc3c(=O)c(C(N)=O)cn1c23. The summed E-state index contributed by atoms with van der Waals surface area (Å²) < 4.78 is 34.0. The molecule has 1 aliphatic heterocycles. The van der Waals surface area contributed by atoms with Crippen LogP contribution in [-0.4, -0.2) is 17.1 Å². The van der Waals surface area contributed by atoms with Crippen molar-refractivity contribution in [1.82, 2.24) is 4.57 Å². The summed E-state index contributed by atoms with van der Waals surface area (Å²) in [6.45, 7) is 1.86. The molecule has 2 heterocycles. The van der Waals surface area contributed by atoms with Crippen molar-refractivity contribution in [1.29, 1.82) is 0 Å². The second-order valence-electron chi connectivity index (χ2n) is 4.70. The zero-order valence-corrected chi connectivity index (χ0v) is 10.4. The average Bonchev–Trinajstić information content (AvgIpc) is 2.39. The van der Waals surface area contributed by atoms with Crippen molar-refractivity contribution in [2.75, 3.05) is 6.61 Å². The number of benzene rings is 1. The summed E-state index contributed by atoms with van der Waals surface area (Å²) in [6.07, 6.45) is 1.26. The van der Waals surface area contributed by atoms with E-state index in [1.54, 1.807) is 6.92 Å². The van der Waals surface area contributed by atoms with Gasteiger partial charge in [-0.15, -0.1) is 0 Å². The molecule has 0 aliphatic carbocycles. The zero-order valence-electron chi connectivity index (χ0n) is 10.4. The van der Waals surface area contributed by atoms with Gasteiger partial charge < -0.3 is 15.0 Å². The third-order valence-electron chi connectivity index (χ3n) is 3.38. The zero-order chi connectivity index (χ0) is 14.6. The van der Waals surface area contributed by atoms with Crippen LogP contribution in [0.5, 0.6) is 5.75 Å². The molecule has 0 unspecified atom stereocenters. The van der Waals surface area contributed by atoms with Gasteiger partial charge in [0.05, 0.1) is 16.9 Å². The molecule has 0 saturated carbocycles. The Kier molecular flexibility index (Phi) is 2.53. The van der Waals surface area contributed by atoms with Crippen LogP contribution in [-0.2, 0) is 0 Å². The van der Waals surface area contributed by atoms with Gasteiger partial charge in [-0.3, -0.25) is 9.59 Å². The van der Waals surface area contributed by atoms with Crippen molar-refractivity contribution in [2.24, 2.45) is 5.73 Å². The quantitative estimate of drug-likeness (QED) is 0.856. The van der Waals surface area contributed by atoms with Crippen molar-refractivity contribution in [3.05, 3.63) is 39.7 Å². The molecule has 0 fully saturated rings. The molecule has 1 aromatic heterocycles. The molecular weight excluding hydrogens is 270 g/mol. The molecule has 7 heteroatoms. The number of halogens is 2. The Hall–Kier alpha value is -2.44. The van der Waals surface area contributed by atoms with Gasteiger partial charge in [-0.25, -0.2) is 4.39 Å². The molecule has 0 saturated heterocycles. The lowest BCUT2D eigenvalue weighted by Gasteiger charge is -2.27. The fourth-order valence-corrected chi connectivity index (χ4v) is 2.37. The summed E-state index contributed by atoms with van der Waals surface area (Å²) in [4.78, 5) is 23.4. The highest BCUT2D eigenvalue weighted by molar-refractivity contribution is 5.97. The normalized spacial score (nSPS) is 17.1. The van der Waals surface area contributed by atoms with Gasteiger partial charge in [0.25, 0.3) is 5.91 Å². The number of hydrogen-bond acceptors (Lipinski definition) is 3. The van der Waals surface area contributed by atoms with E-state index in [1.807, 2.05) is 0 Å². The van der Waals surface area contributed by atoms with Crippen molar-refractivity contribution in [2.45, 2.75) is 13.0 Å². The molecule has 1 atom stereocenters. The highest BCUT2D eigenvalue weighted by Gasteiger charge is 2.27. The second-order valence-corrected chi connectivity index (χ2v) is 4.70. The van der Waals surface area contributed by atoms with E-state index in [2.05, 4.69) is 0 Å². The summed E-state index contributed by atoms with van der Waals surface area (Å²) in [5, 5.41) is -0.123. The minimum absolute atomic E-state index is 0.101. The van der Waals surface area contributed by atoms with E-state index in [-0.39, 0.29) is 34.9 Å². The molecule has 0 bridgehead atoms. The fourth-order valence-electron chi connectivity index (χ4n) is 2.37. The van der Waals surface area contributed by atoms with E-state index in [1.165, 1.54) is 10.8 Å². The maximum Gasteiger partial charge on any atom is 0.254 e. The van der Waals surface area contributed by atoms with E-state index in [0.717, 1.165) is 6.07 Å². The molecule has 1 aliphatic rings. The number of pyridine rings is 1. The summed E-state index contributed by atoms with van der Waals surface area (Å²) in [5.41, 5.74) is 4.29. The Morgan fingerprint density at radius 2 is 2.20 bits per heavy atom. The van der Waals surface area contributed by atoms with Crippen LogP contribution in [0.1, 0.15) is 23.3 Å². The van der Waals surface area contributed by atoms with E-state index < -0.39 is 23.0 Å². The van der Waals surface area contributed by atoms with Crippen LogP contribution in [0.3, 0.4) is 0 Å². The first kappa shape index (κ1) is 12.6. The Balaban J connectivity index is 2.57. The first-order valence-corrected chi connectivity index (χ1v) is 5.91. The predicted octanol–water partition coefficient (Wildman–Crippen LogP) is 1.33. The fraction of sp³-hybridized carbons (Fsp3) is 0.231. The van der Waals surface area contributed by atoms with E-state index >= 15 is 0 Å². The maximum absolute atomic E-state index is 13.8. The van der Waals surface area contributed by atoms with Gasteiger partial charge in [-0.1, -0.05) is 0 Å². The second kappa shape index (κ2) is 4.03. The van der Waals surface area contributed by atoms with Crippen LogP contribution in [0, 0.1) is 11.6 Å². The minimum atomic E-state index is -1.20. The van der Waals surface area contributed by atoms with Crippen LogP contribution in [0.25, 0.3) is 10.9 Å². The molecule has 1 aromatic carbocycles. The molecule has 5 nitrogen and oxygen atoms in total. The molecular formula is C13H10F2N2O3. The summed E-state index contributed by atoms with van der Waals surface area (Å²) in [5.74, 6) is -3.58. The standard InChI is InChI=1S/C13H10F2N2O3/c1-5-4-20-12-9(15)8(14)2-6-10(12)17(5)3-7(11(6)18)13(16)19/h2-3,5H,4H2,1H3,(H2,16,19)/t5-/m0/s1. The topological polar surface area (TPSA) is 74.3 Å². The molecule has 0 spiro atoms. The van der Waals surface area contributed by atoms with Crippen molar-refractivity contribution in [3.63, 3.8) is 0 Å². The molecule has 2 aromatic rings. The van der Waals surface area contributed by atoms with Crippen LogP contribution in [0.15, 0.2) is 17.1 Å². The molecule has 2 N–H and O–H groups in total. The lowest BCUT2D eigenvalue weighted by Crippen LogP contribution is -2.29. The Morgan fingerprint density at radius 1 is 1.50 bits per heavy atom. The van der Waals surface area contributed by atoms with Crippen LogP contribution >= 0.6 is 0 Å². The average molecular weight is 280 g/mol. The number of primary amides is 1. The highest BCUT2D eigenvalue weighted by Crippen LogP contribution is 2.35. The first-order valence-electron chi connectivity index (χ1n) is 5.91. The number of rotatable bonds is 1. The minimum Gasteiger partial charge on any atom is -0.486 e. The number of hydrogen-bond donors (Lipinski definition) is 1. The lowest BCUT2D eigenvalue weighted by molar-refractivity contribution is 0.0998. The number of ether oxygens (including phenoxy) is 1. The van der Waals surface area contributed by atoms with Gasteiger partial charge in [-0.05, 0) is 13.0 Å². The molecule has 20 heavy (non-hydrogen) atoms. The molecule has 104 valence electrons. The Labute approximate surface area is 111 Å². The summed E-state index contributed by atoms with van der Waals surface area (Å²) in [6, 6.07) is 0.523. The van der Waals surface area contributed by atoms with Gasteiger partial charge in [0.15, 0.2) is 11.6 Å². The third-order valence-corrected chi connectivity index (χ3v) is 3.38.